The fraction of sp³-hybridized carbons (Fsp3) is 0.161. The first-order valence-electron chi connectivity index (χ1n) is 12.2. The van der Waals surface area contributed by atoms with Gasteiger partial charge in [-0.3, -0.25) is 4.79 Å². The summed E-state index contributed by atoms with van der Waals surface area (Å²) in [6.07, 6.45) is 0. The maximum absolute atomic E-state index is 13.6. The Morgan fingerprint density at radius 1 is 0.895 bits per heavy atom. The van der Waals surface area contributed by atoms with Crippen LogP contribution in [0.3, 0.4) is 0 Å². The number of benzene rings is 4. The highest BCUT2D eigenvalue weighted by Crippen LogP contribution is 2.33. The van der Waals surface area contributed by atoms with Crippen molar-refractivity contribution in [3.8, 4) is 17.6 Å². The number of aliphatic hydroxyl groups excluding tert-OH is 1. The zero-order valence-corrected chi connectivity index (χ0v) is 21.0. The summed E-state index contributed by atoms with van der Waals surface area (Å²) in [5.74, 6) is 0.701. The molecule has 0 saturated heterocycles. The standard InChI is InChI=1S/C31H29N3O4/c1-37-29-18-25(14-17-28(29)38-21-23-8-4-2-5-9-23)30(33-26-15-12-22(19-32)13-16-26)31(36)34-27(20-35)24-10-6-3-7-11-24/h2-18,27,30,33,35H,20-21H2,1H3,(H,34,36)/t27-,30-/m0/s1. The lowest BCUT2D eigenvalue weighted by atomic mass is 10.0. The molecule has 3 N–H and O–H groups in total. The summed E-state index contributed by atoms with van der Waals surface area (Å²) in [6, 6.07) is 32.0. The van der Waals surface area contributed by atoms with Gasteiger partial charge in [0.15, 0.2) is 11.5 Å². The number of nitrogens with one attached hydrogen (secondary N) is 2. The Hall–Kier alpha value is -4.80. The van der Waals surface area contributed by atoms with E-state index < -0.39 is 12.1 Å². The average molecular weight is 508 g/mol. The van der Waals surface area contributed by atoms with Crippen molar-refractivity contribution in [3.05, 3.63) is 125 Å². The maximum Gasteiger partial charge on any atom is 0.247 e. The van der Waals surface area contributed by atoms with Crippen molar-refractivity contribution in [1.29, 1.82) is 5.26 Å². The van der Waals surface area contributed by atoms with Crippen LogP contribution in [-0.2, 0) is 11.4 Å². The zero-order valence-electron chi connectivity index (χ0n) is 21.0. The van der Waals surface area contributed by atoms with Gasteiger partial charge in [0.2, 0.25) is 5.91 Å². The van der Waals surface area contributed by atoms with Crippen LogP contribution < -0.4 is 20.1 Å². The van der Waals surface area contributed by atoms with Crippen LogP contribution in [0.2, 0.25) is 0 Å². The van der Waals surface area contributed by atoms with Gasteiger partial charge in [0, 0.05) is 5.69 Å². The third kappa shape index (κ3) is 6.69. The van der Waals surface area contributed by atoms with E-state index in [4.69, 9.17) is 14.7 Å². The van der Waals surface area contributed by atoms with Crippen LogP contribution in [0, 0.1) is 11.3 Å². The first kappa shape index (κ1) is 26.3. The largest absolute Gasteiger partial charge is 0.493 e. The molecule has 192 valence electrons. The van der Waals surface area contributed by atoms with E-state index >= 15 is 0 Å². The molecular formula is C31H29N3O4. The smallest absolute Gasteiger partial charge is 0.247 e. The van der Waals surface area contributed by atoms with Gasteiger partial charge in [0.05, 0.1) is 31.4 Å². The molecular weight excluding hydrogens is 478 g/mol. The molecule has 0 radical (unpaired) electrons. The Morgan fingerprint density at radius 3 is 2.21 bits per heavy atom. The monoisotopic (exact) mass is 507 g/mol. The summed E-state index contributed by atoms with van der Waals surface area (Å²) in [7, 11) is 1.55. The fourth-order valence-electron chi connectivity index (χ4n) is 4.00. The molecule has 4 aromatic rings. The summed E-state index contributed by atoms with van der Waals surface area (Å²) in [6.45, 7) is 0.119. The van der Waals surface area contributed by atoms with Crippen LogP contribution in [0.15, 0.2) is 103 Å². The highest BCUT2D eigenvalue weighted by Gasteiger charge is 2.25. The van der Waals surface area contributed by atoms with Crippen molar-refractivity contribution < 1.29 is 19.4 Å². The molecule has 1 amide bonds. The Balaban J connectivity index is 1.61. The van der Waals surface area contributed by atoms with Crippen molar-refractivity contribution in [2.24, 2.45) is 0 Å². The second-order valence-corrected chi connectivity index (χ2v) is 8.61. The number of aliphatic hydroxyl groups is 1. The summed E-state index contributed by atoms with van der Waals surface area (Å²) >= 11 is 0. The molecule has 7 nitrogen and oxygen atoms in total. The molecule has 0 unspecified atom stereocenters. The van der Waals surface area contributed by atoms with E-state index in [1.807, 2.05) is 60.7 Å². The quantitative estimate of drug-likeness (QED) is 0.259. The fourth-order valence-corrected chi connectivity index (χ4v) is 4.00. The third-order valence-corrected chi connectivity index (χ3v) is 6.05. The van der Waals surface area contributed by atoms with E-state index in [9.17, 15) is 9.90 Å². The van der Waals surface area contributed by atoms with Gasteiger partial charge in [0.25, 0.3) is 0 Å². The number of carbonyl (C=O) groups excluding carboxylic acids is 1. The predicted octanol–water partition coefficient (Wildman–Crippen LogP) is 5.15. The van der Waals surface area contributed by atoms with Crippen molar-refractivity contribution in [1.82, 2.24) is 5.32 Å². The summed E-state index contributed by atoms with van der Waals surface area (Å²) in [4.78, 5) is 13.6. The lowest BCUT2D eigenvalue weighted by Crippen LogP contribution is -2.37. The number of hydrogen-bond acceptors (Lipinski definition) is 6. The van der Waals surface area contributed by atoms with Crippen molar-refractivity contribution in [2.45, 2.75) is 18.7 Å². The molecule has 0 aliphatic carbocycles. The number of nitriles is 1. The molecule has 4 aromatic carbocycles. The lowest BCUT2D eigenvalue weighted by Gasteiger charge is -2.24. The van der Waals surface area contributed by atoms with Crippen LogP contribution in [0.25, 0.3) is 0 Å². The summed E-state index contributed by atoms with van der Waals surface area (Å²) < 4.78 is 11.6. The topological polar surface area (TPSA) is 104 Å². The minimum atomic E-state index is -0.822. The number of methoxy groups -OCH3 is 1. The van der Waals surface area contributed by atoms with E-state index in [1.165, 1.54) is 0 Å². The molecule has 0 aliphatic heterocycles. The Labute approximate surface area is 222 Å². The van der Waals surface area contributed by atoms with Crippen molar-refractivity contribution >= 4 is 11.6 Å². The molecule has 4 rings (SSSR count). The number of amides is 1. The number of anilines is 1. The first-order valence-corrected chi connectivity index (χ1v) is 12.2. The van der Waals surface area contributed by atoms with Crippen LogP contribution in [0.5, 0.6) is 11.5 Å². The van der Waals surface area contributed by atoms with Crippen LogP contribution in [0.1, 0.15) is 34.3 Å². The third-order valence-electron chi connectivity index (χ3n) is 6.05. The average Bonchev–Trinajstić information content (AvgIpc) is 2.98. The van der Waals surface area contributed by atoms with Crippen molar-refractivity contribution in [3.63, 3.8) is 0 Å². The van der Waals surface area contributed by atoms with E-state index in [-0.39, 0.29) is 12.5 Å². The second-order valence-electron chi connectivity index (χ2n) is 8.61. The van der Waals surface area contributed by atoms with Gasteiger partial charge in [-0.15, -0.1) is 0 Å². The summed E-state index contributed by atoms with van der Waals surface area (Å²) in [5.41, 5.74) is 3.63. The minimum Gasteiger partial charge on any atom is -0.493 e. The molecule has 0 fully saturated rings. The zero-order chi connectivity index (χ0) is 26.7. The Kier molecular flexibility index (Phi) is 8.95. The molecule has 0 bridgehead atoms. The predicted molar refractivity (Wildman–Crippen MR) is 146 cm³/mol. The number of hydrogen-bond donors (Lipinski definition) is 3. The van der Waals surface area contributed by atoms with E-state index in [1.54, 1.807) is 49.6 Å². The minimum absolute atomic E-state index is 0.255. The van der Waals surface area contributed by atoms with Crippen LogP contribution >= 0.6 is 0 Å². The molecule has 0 aromatic heterocycles. The van der Waals surface area contributed by atoms with Crippen LogP contribution in [0.4, 0.5) is 5.69 Å². The van der Waals surface area contributed by atoms with Gasteiger partial charge in [0.1, 0.15) is 12.6 Å². The molecule has 0 heterocycles. The molecule has 7 heteroatoms. The normalized spacial score (nSPS) is 12.0. The van der Waals surface area contributed by atoms with Crippen LogP contribution in [-0.4, -0.2) is 24.7 Å². The van der Waals surface area contributed by atoms with Gasteiger partial charge < -0.3 is 25.2 Å². The molecule has 38 heavy (non-hydrogen) atoms. The number of carbonyl (C=O) groups is 1. The number of ether oxygens (including phenoxy) is 2. The van der Waals surface area contributed by atoms with Gasteiger partial charge in [-0.2, -0.15) is 5.26 Å². The maximum atomic E-state index is 13.6. The number of nitrogens with zero attached hydrogens (tertiary/aromatic N) is 1. The second kappa shape index (κ2) is 12.9. The van der Waals surface area contributed by atoms with Gasteiger partial charge in [-0.1, -0.05) is 66.7 Å². The molecule has 0 spiro atoms. The number of rotatable bonds is 11. The van der Waals surface area contributed by atoms with Crippen molar-refractivity contribution in [2.75, 3.05) is 19.0 Å². The SMILES string of the molecule is COc1cc([C@H](Nc2ccc(C#N)cc2)C(=O)N[C@@H](CO)c2ccccc2)ccc1OCc1ccccc1. The summed E-state index contributed by atoms with van der Waals surface area (Å²) in [5, 5.41) is 25.3. The van der Waals surface area contributed by atoms with Gasteiger partial charge in [-0.05, 0) is 53.1 Å². The van der Waals surface area contributed by atoms with Gasteiger partial charge in [-0.25, -0.2) is 0 Å². The Morgan fingerprint density at radius 2 is 1.58 bits per heavy atom. The Bertz CT molecular complexity index is 1370. The highest BCUT2D eigenvalue weighted by atomic mass is 16.5. The molecule has 0 aliphatic rings. The lowest BCUT2D eigenvalue weighted by molar-refractivity contribution is -0.123. The highest BCUT2D eigenvalue weighted by molar-refractivity contribution is 5.86. The molecule has 0 saturated carbocycles. The van der Waals surface area contributed by atoms with Gasteiger partial charge >= 0.3 is 0 Å². The first-order chi connectivity index (χ1) is 18.6. The van der Waals surface area contributed by atoms with E-state index in [2.05, 4.69) is 16.7 Å². The van der Waals surface area contributed by atoms with E-state index in [0.717, 1.165) is 11.1 Å². The van der Waals surface area contributed by atoms with E-state index in [0.29, 0.717) is 34.9 Å². The molecule has 2 atom stereocenters.